The zero-order valence-corrected chi connectivity index (χ0v) is 10.7. The number of nitrogens with zero attached hydrogens (tertiary/aromatic N) is 1. The molecule has 19 heavy (non-hydrogen) atoms. The lowest BCUT2D eigenvalue weighted by molar-refractivity contribution is -0.112. The summed E-state index contributed by atoms with van der Waals surface area (Å²) in [6.07, 6.45) is 2.18. The Morgan fingerprint density at radius 3 is 2.89 bits per heavy atom. The Morgan fingerprint density at radius 2 is 2.16 bits per heavy atom. The van der Waals surface area contributed by atoms with Gasteiger partial charge in [-0.05, 0) is 30.9 Å². The molecule has 2 heterocycles. The van der Waals surface area contributed by atoms with Gasteiger partial charge >= 0.3 is 0 Å². The van der Waals surface area contributed by atoms with Gasteiger partial charge < -0.3 is 10.2 Å². The Balaban J connectivity index is 1.98. The SMILES string of the molecule is CC1CCCN(c2cc3c(cc2F)C(=O)C(=O)N3)C1. The third-order valence-corrected chi connectivity index (χ3v) is 3.78. The Kier molecular flexibility index (Phi) is 2.77. The van der Waals surface area contributed by atoms with Crippen molar-refractivity contribution < 1.29 is 14.0 Å². The summed E-state index contributed by atoms with van der Waals surface area (Å²) in [5.74, 6) is -1.25. The number of carbonyl (C=O) groups is 2. The van der Waals surface area contributed by atoms with Gasteiger partial charge in [-0.15, -0.1) is 0 Å². The van der Waals surface area contributed by atoms with Crippen LogP contribution in [0.5, 0.6) is 0 Å². The number of anilines is 2. The van der Waals surface area contributed by atoms with Crippen molar-refractivity contribution in [3.63, 3.8) is 0 Å². The molecule has 100 valence electrons. The average molecular weight is 262 g/mol. The van der Waals surface area contributed by atoms with E-state index in [1.165, 1.54) is 6.07 Å². The van der Waals surface area contributed by atoms with E-state index in [9.17, 15) is 14.0 Å². The van der Waals surface area contributed by atoms with Crippen LogP contribution in [0.3, 0.4) is 0 Å². The molecule has 2 aliphatic rings. The number of Topliss-reactive ketones (excluding diaryl/α,β-unsaturated/α-hetero) is 1. The molecule has 0 saturated carbocycles. The third-order valence-electron chi connectivity index (χ3n) is 3.78. The highest BCUT2D eigenvalue weighted by Crippen LogP contribution is 2.33. The lowest BCUT2D eigenvalue weighted by Gasteiger charge is -2.33. The topological polar surface area (TPSA) is 49.4 Å². The maximum Gasteiger partial charge on any atom is 0.296 e. The first-order valence-electron chi connectivity index (χ1n) is 6.50. The van der Waals surface area contributed by atoms with Crippen LogP contribution in [0.25, 0.3) is 0 Å². The van der Waals surface area contributed by atoms with Gasteiger partial charge in [-0.2, -0.15) is 0 Å². The van der Waals surface area contributed by atoms with E-state index >= 15 is 0 Å². The van der Waals surface area contributed by atoms with E-state index < -0.39 is 17.5 Å². The fourth-order valence-electron chi connectivity index (χ4n) is 2.81. The van der Waals surface area contributed by atoms with Crippen LogP contribution in [0, 0.1) is 11.7 Å². The van der Waals surface area contributed by atoms with Gasteiger partial charge in [0.25, 0.3) is 11.7 Å². The summed E-state index contributed by atoms with van der Waals surface area (Å²) in [7, 11) is 0. The van der Waals surface area contributed by atoms with E-state index in [0.29, 0.717) is 17.3 Å². The van der Waals surface area contributed by atoms with Crippen molar-refractivity contribution in [2.24, 2.45) is 5.92 Å². The summed E-state index contributed by atoms with van der Waals surface area (Å²) in [5, 5.41) is 2.48. The molecule has 1 amide bonds. The summed E-state index contributed by atoms with van der Waals surface area (Å²) in [4.78, 5) is 24.8. The maximum atomic E-state index is 14.1. The minimum Gasteiger partial charge on any atom is -0.369 e. The smallest absolute Gasteiger partial charge is 0.296 e. The molecule has 1 saturated heterocycles. The first-order chi connectivity index (χ1) is 9.06. The maximum absolute atomic E-state index is 14.1. The van der Waals surface area contributed by atoms with Crippen LogP contribution in [-0.2, 0) is 4.79 Å². The number of piperidine rings is 1. The standard InChI is InChI=1S/C14H15FN2O2/c1-8-3-2-4-17(7-8)12-6-11-9(5-10(12)15)13(18)14(19)16-11/h5-6,8H,2-4,7H2,1H3,(H,16,18,19). The molecule has 0 aliphatic carbocycles. The van der Waals surface area contributed by atoms with E-state index in [0.717, 1.165) is 25.9 Å². The molecule has 1 fully saturated rings. The van der Waals surface area contributed by atoms with Gasteiger partial charge in [-0.3, -0.25) is 9.59 Å². The highest BCUT2D eigenvalue weighted by Gasteiger charge is 2.30. The quantitative estimate of drug-likeness (QED) is 0.789. The minimum absolute atomic E-state index is 0.135. The van der Waals surface area contributed by atoms with Crippen LogP contribution in [-0.4, -0.2) is 24.8 Å². The second kappa shape index (κ2) is 4.33. The number of halogens is 1. The summed E-state index contributed by atoms with van der Waals surface area (Å²) in [6, 6.07) is 2.75. The van der Waals surface area contributed by atoms with Gasteiger partial charge in [0, 0.05) is 13.1 Å². The van der Waals surface area contributed by atoms with Crippen LogP contribution in [0.4, 0.5) is 15.8 Å². The summed E-state index contributed by atoms with van der Waals surface area (Å²) >= 11 is 0. The van der Waals surface area contributed by atoms with Crippen molar-refractivity contribution in [3.8, 4) is 0 Å². The van der Waals surface area contributed by atoms with Crippen LogP contribution in [0.15, 0.2) is 12.1 Å². The highest BCUT2D eigenvalue weighted by atomic mass is 19.1. The lowest BCUT2D eigenvalue weighted by Crippen LogP contribution is -2.34. The average Bonchev–Trinajstić information content (AvgIpc) is 2.65. The molecular formula is C14H15FN2O2. The summed E-state index contributed by atoms with van der Waals surface area (Å²) < 4.78 is 14.1. The molecule has 4 nitrogen and oxygen atoms in total. The van der Waals surface area contributed by atoms with Crippen LogP contribution in [0.1, 0.15) is 30.1 Å². The molecule has 1 N–H and O–H groups in total. The van der Waals surface area contributed by atoms with Crippen molar-refractivity contribution in [2.45, 2.75) is 19.8 Å². The molecule has 5 heteroatoms. The van der Waals surface area contributed by atoms with E-state index in [1.807, 2.05) is 4.90 Å². The van der Waals surface area contributed by atoms with Gasteiger partial charge in [0.2, 0.25) is 0 Å². The predicted molar refractivity (Wildman–Crippen MR) is 70.0 cm³/mol. The van der Waals surface area contributed by atoms with Gasteiger partial charge in [-0.25, -0.2) is 4.39 Å². The molecule has 0 spiro atoms. The zero-order valence-electron chi connectivity index (χ0n) is 10.7. The number of nitrogens with one attached hydrogen (secondary N) is 1. The fraction of sp³-hybridized carbons (Fsp3) is 0.429. The second-order valence-electron chi connectivity index (χ2n) is 5.33. The number of benzene rings is 1. The zero-order chi connectivity index (χ0) is 13.6. The Labute approximate surface area is 110 Å². The third kappa shape index (κ3) is 1.99. The first kappa shape index (κ1) is 12.1. The molecule has 3 rings (SSSR count). The van der Waals surface area contributed by atoms with Crippen LogP contribution in [0.2, 0.25) is 0 Å². The number of carbonyl (C=O) groups excluding carboxylic acids is 2. The number of hydrogen-bond donors (Lipinski definition) is 1. The van der Waals surface area contributed by atoms with Gasteiger partial charge in [0.05, 0.1) is 16.9 Å². The Bertz CT molecular complexity index is 571. The van der Waals surface area contributed by atoms with Gasteiger partial charge in [0.1, 0.15) is 5.82 Å². The molecule has 0 bridgehead atoms. The second-order valence-corrected chi connectivity index (χ2v) is 5.33. The van der Waals surface area contributed by atoms with Crippen LogP contribution >= 0.6 is 0 Å². The summed E-state index contributed by atoms with van der Waals surface area (Å²) in [5.41, 5.74) is 1.03. The van der Waals surface area contributed by atoms with E-state index in [1.54, 1.807) is 6.07 Å². The van der Waals surface area contributed by atoms with Crippen molar-refractivity contribution in [1.29, 1.82) is 0 Å². The van der Waals surface area contributed by atoms with Crippen molar-refractivity contribution in [3.05, 3.63) is 23.5 Å². The minimum atomic E-state index is -0.682. The van der Waals surface area contributed by atoms with E-state index in [2.05, 4.69) is 12.2 Å². The molecule has 1 atom stereocenters. The fourth-order valence-corrected chi connectivity index (χ4v) is 2.81. The number of hydrogen-bond acceptors (Lipinski definition) is 3. The van der Waals surface area contributed by atoms with Crippen LogP contribution < -0.4 is 10.2 Å². The highest BCUT2D eigenvalue weighted by molar-refractivity contribution is 6.51. The van der Waals surface area contributed by atoms with E-state index in [-0.39, 0.29) is 5.56 Å². The molecular weight excluding hydrogens is 247 g/mol. The number of amides is 1. The molecule has 0 aromatic heterocycles. The lowest BCUT2D eigenvalue weighted by atomic mass is 9.99. The summed E-state index contributed by atoms with van der Waals surface area (Å²) in [6.45, 7) is 3.75. The Morgan fingerprint density at radius 1 is 1.37 bits per heavy atom. The van der Waals surface area contributed by atoms with Gasteiger partial charge in [-0.1, -0.05) is 6.92 Å². The monoisotopic (exact) mass is 262 g/mol. The molecule has 1 unspecified atom stereocenters. The largest absolute Gasteiger partial charge is 0.369 e. The number of fused-ring (bicyclic) bond motifs is 1. The predicted octanol–water partition coefficient (Wildman–Crippen LogP) is 2.20. The molecule has 0 radical (unpaired) electrons. The van der Waals surface area contributed by atoms with E-state index in [4.69, 9.17) is 0 Å². The normalized spacial score (nSPS) is 22.4. The first-order valence-corrected chi connectivity index (χ1v) is 6.50. The molecule has 1 aromatic carbocycles. The number of ketones is 1. The van der Waals surface area contributed by atoms with Crippen molar-refractivity contribution in [1.82, 2.24) is 0 Å². The Hall–Kier alpha value is -1.91. The molecule has 1 aromatic rings. The number of rotatable bonds is 1. The van der Waals surface area contributed by atoms with Crippen molar-refractivity contribution in [2.75, 3.05) is 23.3 Å². The van der Waals surface area contributed by atoms with Crippen molar-refractivity contribution >= 4 is 23.1 Å². The van der Waals surface area contributed by atoms with Gasteiger partial charge in [0.15, 0.2) is 0 Å². The molecule has 2 aliphatic heterocycles.